The lowest BCUT2D eigenvalue weighted by Crippen LogP contribution is -2.12. The SMILES string of the molecule is CNCCc1nnc2ncccn12. The molecule has 2 aromatic rings. The average Bonchev–Trinajstić information content (AvgIpc) is 2.58. The molecule has 2 aromatic heterocycles. The second-order valence-electron chi connectivity index (χ2n) is 2.76. The van der Waals surface area contributed by atoms with Crippen molar-refractivity contribution in [1.29, 1.82) is 0 Å². The fourth-order valence-corrected chi connectivity index (χ4v) is 1.20. The number of hydrogen-bond donors (Lipinski definition) is 1. The molecule has 0 atom stereocenters. The lowest BCUT2D eigenvalue weighted by Gasteiger charge is -1.97. The molecule has 0 saturated heterocycles. The standard InChI is InChI=1S/C8H11N5/c1-9-5-3-7-11-12-8-10-4-2-6-13(7)8/h2,4,6,9H,3,5H2,1H3. The Bertz CT molecular complexity index is 394. The minimum Gasteiger partial charge on any atom is -0.319 e. The van der Waals surface area contributed by atoms with Crippen LogP contribution in [0, 0.1) is 0 Å². The predicted molar refractivity (Wildman–Crippen MR) is 48.4 cm³/mol. The predicted octanol–water partition coefficient (Wildman–Crippen LogP) is -0.114. The fraction of sp³-hybridized carbons (Fsp3) is 0.375. The van der Waals surface area contributed by atoms with E-state index in [1.165, 1.54) is 0 Å². The second kappa shape index (κ2) is 3.49. The van der Waals surface area contributed by atoms with Gasteiger partial charge in [0.1, 0.15) is 5.82 Å². The third-order valence-corrected chi connectivity index (χ3v) is 1.86. The Morgan fingerprint density at radius 1 is 1.46 bits per heavy atom. The van der Waals surface area contributed by atoms with Gasteiger partial charge in [0.15, 0.2) is 0 Å². The Kier molecular flexibility index (Phi) is 2.18. The maximum absolute atomic E-state index is 4.08. The van der Waals surface area contributed by atoms with Gasteiger partial charge in [-0.1, -0.05) is 0 Å². The molecule has 5 heteroatoms. The number of fused-ring (bicyclic) bond motifs is 1. The Balaban J connectivity index is 2.35. The molecule has 0 spiro atoms. The molecule has 0 aliphatic rings. The first kappa shape index (κ1) is 8.12. The molecule has 0 aliphatic carbocycles. The Morgan fingerprint density at radius 2 is 2.38 bits per heavy atom. The Labute approximate surface area is 75.8 Å². The summed E-state index contributed by atoms with van der Waals surface area (Å²) in [7, 11) is 1.92. The van der Waals surface area contributed by atoms with E-state index in [1.54, 1.807) is 6.20 Å². The lowest BCUT2D eigenvalue weighted by molar-refractivity contribution is 0.747. The first-order valence-electron chi connectivity index (χ1n) is 4.21. The van der Waals surface area contributed by atoms with Crippen LogP contribution in [-0.2, 0) is 6.42 Å². The molecule has 1 N–H and O–H groups in total. The second-order valence-corrected chi connectivity index (χ2v) is 2.76. The summed E-state index contributed by atoms with van der Waals surface area (Å²) in [6.07, 6.45) is 4.50. The lowest BCUT2D eigenvalue weighted by atomic mass is 10.4. The van der Waals surface area contributed by atoms with Crippen LogP contribution in [0.2, 0.25) is 0 Å². The van der Waals surface area contributed by atoms with E-state index >= 15 is 0 Å². The van der Waals surface area contributed by atoms with Gasteiger partial charge in [-0.15, -0.1) is 10.2 Å². The van der Waals surface area contributed by atoms with E-state index in [4.69, 9.17) is 0 Å². The summed E-state index contributed by atoms with van der Waals surface area (Å²) in [6, 6.07) is 1.87. The highest BCUT2D eigenvalue weighted by atomic mass is 15.3. The van der Waals surface area contributed by atoms with Crippen molar-refractivity contribution in [1.82, 2.24) is 24.9 Å². The monoisotopic (exact) mass is 177 g/mol. The van der Waals surface area contributed by atoms with Gasteiger partial charge in [0.05, 0.1) is 0 Å². The molecule has 0 aliphatic heterocycles. The average molecular weight is 177 g/mol. The Hall–Kier alpha value is -1.49. The summed E-state index contributed by atoms with van der Waals surface area (Å²) < 4.78 is 1.90. The van der Waals surface area contributed by atoms with Crippen molar-refractivity contribution in [3.05, 3.63) is 24.3 Å². The number of nitrogens with one attached hydrogen (secondary N) is 1. The van der Waals surface area contributed by atoms with Gasteiger partial charge in [0.2, 0.25) is 0 Å². The molecule has 5 nitrogen and oxygen atoms in total. The number of aromatic nitrogens is 4. The van der Waals surface area contributed by atoms with Gasteiger partial charge in [-0.25, -0.2) is 4.98 Å². The molecule has 13 heavy (non-hydrogen) atoms. The molecule has 0 amide bonds. The molecule has 0 unspecified atom stereocenters. The van der Waals surface area contributed by atoms with Gasteiger partial charge in [-0.05, 0) is 13.1 Å². The van der Waals surface area contributed by atoms with Crippen molar-refractivity contribution in [2.45, 2.75) is 6.42 Å². The largest absolute Gasteiger partial charge is 0.319 e. The molecule has 2 rings (SSSR count). The maximum Gasteiger partial charge on any atom is 0.254 e. The highest BCUT2D eigenvalue weighted by Crippen LogP contribution is 1.99. The zero-order valence-corrected chi connectivity index (χ0v) is 7.44. The minimum absolute atomic E-state index is 0.661. The van der Waals surface area contributed by atoms with Crippen molar-refractivity contribution in [3.63, 3.8) is 0 Å². The van der Waals surface area contributed by atoms with E-state index in [1.807, 2.05) is 23.7 Å². The number of likely N-dealkylation sites (N-methyl/N-ethyl adjacent to an activating group) is 1. The molecule has 2 heterocycles. The van der Waals surface area contributed by atoms with Gasteiger partial charge in [-0.2, -0.15) is 0 Å². The molecule has 0 bridgehead atoms. The van der Waals surface area contributed by atoms with E-state index in [9.17, 15) is 0 Å². The Morgan fingerprint density at radius 3 is 3.23 bits per heavy atom. The summed E-state index contributed by atoms with van der Waals surface area (Å²) >= 11 is 0. The van der Waals surface area contributed by atoms with Gasteiger partial charge >= 0.3 is 0 Å². The van der Waals surface area contributed by atoms with Crippen LogP contribution in [0.15, 0.2) is 18.5 Å². The van der Waals surface area contributed by atoms with Crippen LogP contribution in [0.5, 0.6) is 0 Å². The normalized spacial score (nSPS) is 10.8. The van der Waals surface area contributed by atoms with E-state index < -0.39 is 0 Å². The van der Waals surface area contributed by atoms with Crippen LogP contribution >= 0.6 is 0 Å². The van der Waals surface area contributed by atoms with Gasteiger partial charge < -0.3 is 5.32 Å². The van der Waals surface area contributed by atoms with Crippen molar-refractivity contribution in [2.24, 2.45) is 0 Å². The van der Waals surface area contributed by atoms with Gasteiger partial charge in [0.25, 0.3) is 5.78 Å². The summed E-state index contributed by atoms with van der Waals surface area (Å²) in [6.45, 7) is 0.898. The quantitative estimate of drug-likeness (QED) is 0.710. The summed E-state index contributed by atoms with van der Waals surface area (Å²) in [5, 5.41) is 11.1. The highest BCUT2D eigenvalue weighted by molar-refractivity contribution is 5.26. The van der Waals surface area contributed by atoms with Gasteiger partial charge in [-0.3, -0.25) is 4.40 Å². The van der Waals surface area contributed by atoms with Gasteiger partial charge in [0, 0.05) is 25.4 Å². The van der Waals surface area contributed by atoms with Crippen LogP contribution in [-0.4, -0.2) is 33.2 Å². The maximum atomic E-state index is 4.08. The number of nitrogens with zero attached hydrogens (tertiary/aromatic N) is 4. The van der Waals surface area contributed by atoms with Crippen LogP contribution in [0.4, 0.5) is 0 Å². The van der Waals surface area contributed by atoms with E-state index in [2.05, 4.69) is 20.5 Å². The number of rotatable bonds is 3. The third kappa shape index (κ3) is 1.50. The zero-order chi connectivity index (χ0) is 9.10. The van der Waals surface area contributed by atoms with Crippen LogP contribution in [0.1, 0.15) is 5.82 Å². The summed E-state index contributed by atoms with van der Waals surface area (Å²) in [5.74, 6) is 1.60. The van der Waals surface area contributed by atoms with E-state index in [-0.39, 0.29) is 0 Å². The first-order chi connectivity index (χ1) is 6.42. The number of hydrogen-bond acceptors (Lipinski definition) is 4. The van der Waals surface area contributed by atoms with Crippen LogP contribution in [0.25, 0.3) is 5.78 Å². The highest BCUT2D eigenvalue weighted by Gasteiger charge is 2.03. The summed E-state index contributed by atoms with van der Waals surface area (Å²) in [5.41, 5.74) is 0. The molecule has 0 fully saturated rings. The van der Waals surface area contributed by atoms with Crippen molar-refractivity contribution >= 4 is 5.78 Å². The van der Waals surface area contributed by atoms with Crippen molar-refractivity contribution < 1.29 is 0 Å². The van der Waals surface area contributed by atoms with E-state index in [0.29, 0.717) is 5.78 Å². The molecule has 68 valence electrons. The topological polar surface area (TPSA) is 55.1 Å². The molecular weight excluding hydrogens is 166 g/mol. The molecule has 0 aromatic carbocycles. The first-order valence-corrected chi connectivity index (χ1v) is 4.21. The fourth-order valence-electron chi connectivity index (χ4n) is 1.20. The molecule has 0 radical (unpaired) electrons. The van der Waals surface area contributed by atoms with Crippen LogP contribution < -0.4 is 5.32 Å². The smallest absolute Gasteiger partial charge is 0.254 e. The van der Waals surface area contributed by atoms with Crippen LogP contribution in [0.3, 0.4) is 0 Å². The minimum atomic E-state index is 0.661. The third-order valence-electron chi connectivity index (χ3n) is 1.86. The summed E-state index contributed by atoms with van der Waals surface area (Å²) in [4.78, 5) is 4.08. The molecular formula is C8H11N5. The molecule has 0 saturated carbocycles. The van der Waals surface area contributed by atoms with E-state index in [0.717, 1.165) is 18.8 Å². The van der Waals surface area contributed by atoms with Crippen molar-refractivity contribution in [2.75, 3.05) is 13.6 Å². The zero-order valence-electron chi connectivity index (χ0n) is 7.44. The van der Waals surface area contributed by atoms with Crippen molar-refractivity contribution in [3.8, 4) is 0 Å².